The van der Waals surface area contributed by atoms with E-state index in [2.05, 4.69) is 15.3 Å². The summed E-state index contributed by atoms with van der Waals surface area (Å²) >= 11 is 0. The van der Waals surface area contributed by atoms with E-state index >= 15 is 0 Å². The van der Waals surface area contributed by atoms with E-state index < -0.39 is 18.1 Å². The van der Waals surface area contributed by atoms with Crippen LogP contribution in [0.3, 0.4) is 0 Å². The highest BCUT2D eigenvalue weighted by molar-refractivity contribution is 5.73. The van der Waals surface area contributed by atoms with Gasteiger partial charge >= 0.3 is 5.97 Å². The first kappa shape index (κ1) is 13.0. The molecule has 1 heterocycles. The highest BCUT2D eigenvalue weighted by Crippen LogP contribution is 2.19. The van der Waals surface area contributed by atoms with E-state index in [1.807, 2.05) is 0 Å². The topological polar surface area (TPSA) is 98.2 Å². The second kappa shape index (κ2) is 5.97. The largest absolute Gasteiger partial charge is 0.480 e. The fourth-order valence-electron chi connectivity index (χ4n) is 2.40. The van der Waals surface area contributed by atoms with Crippen LogP contribution in [-0.2, 0) is 11.2 Å². The molecule has 0 unspecified atom stereocenters. The van der Waals surface area contributed by atoms with Gasteiger partial charge in [0, 0.05) is 24.4 Å². The quantitative estimate of drug-likeness (QED) is 0.605. The summed E-state index contributed by atoms with van der Waals surface area (Å²) in [6.07, 6.45) is 6.67. The Kier molecular flexibility index (Phi) is 4.33. The molecule has 0 aromatic carbocycles. The Balaban J connectivity index is 1.95. The van der Waals surface area contributed by atoms with Crippen LogP contribution in [0.5, 0.6) is 0 Å². The molecule has 0 amide bonds. The van der Waals surface area contributed by atoms with Crippen molar-refractivity contribution in [3.63, 3.8) is 0 Å². The molecule has 100 valence electrons. The molecule has 0 bridgehead atoms. The van der Waals surface area contributed by atoms with E-state index in [0.717, 1.165) is 31.4 Å². The first-order valence-electron chi connectivity index (χ1n) is 6.31. The molecule has 18 heavy (non-hydrogen) atoms. The van der Waals surface area contributed by atoms with Crippen molar-refractivity contribution in [2.45, 2.75) is 50.3 Å². The third kappa shape index (κ3) is 3.30. The maximum absolute atomic E-state index is 11.2. The monoisotopic (exact) mass is 253 g/mol. The molecule has 2 rings (SSSR count). The molecule has 0 aliphatic heterocycles. The summed E-state index contributed by atoms with van der Waals surface area (Å²) in [4.78, 5) is 18.0. The van der Waals surface area contributed by atoms with Gasteiger partial charge in [-0.15, -0.1) is 0 Å². The molecule has 6 nitrogen and oxygen atoms in total. The molecule has 0 spiro atoms. The SMILES string of the molecule is O=C(O)[C@H](Cc1cnc[nH]1)N[C@@H]1CCCC[C@@H]1O. The number of aliphatic hydroxyl groups is 1. The van der Waals surface area contributed by atoms with Gasteiger partial charge in [0.05, 0.1) is 12.4 Å². The zero-order valence-corrected chi connectivity index (χ0v) is 10.2. The Labute approximate surface area is 105 Å². The Morgan fingerprint density at radius 3 is 2.94 bits per heavy atom. The highest BCUT2D eigenvalue weighted by atomic mass is 16.4. The van der Waals surface area contributed by atoms with Gasteiger partial charge in [-0.25, -0.2) is 4.98 Å². The number of carbonyl (C=O) groups is 1. The molecule has 1 aliphatic carbocycles. The van der Waals surface area contributed by atoms with Gasteiger partial charge in [0.25, 0.3) is 0 Å². The Hall–Kier alpha value is -1.40. The van der Waals surface area contributed by atoms with Crippen LogP contribution in [0.2, 0.25) is 0 Å². The van der Waals surface area contributed by atoms with Crippen molar-refractivity contribution in [3.8, 4) is 0 Å². The smallest absolute Gasteiger partial charge is 0.321 e. The maximum atomic E-state index is 11.2. The van der Waals surface area contributed by atoms with Gasteiger partial charge < -0.3 is 15.2 Å². The minimum absolute atomic E-state index is 0.122. The van der Waals surface area contributed by atoms with Gasteiger partial charge in [0.1, 0.15) is 6.04 Å². The third-order valence-corrected chi connectivity index (χ3v) is 3.42. The van der Waals surface area contributed by atoms with Crippen molar-refractivity contribution in [2.24, 2.45) is 0 Å². The molecule has 1 aromatic rings. The average molecular weight is 253 g/mol. The van der Waals surface area contributed by atoms with Crippen LogP contribution in [0, 0.1) is 0 Å². The predicted octanol–water partition coefficient (Wildman–Crippen LogP) is 0.298. The number of hydrogen-bond donors (Lipinski definition) is 4. The number of aromatic amines is 1. The third-order valence-electron chi connectivity index (χ3n) is 3.42. The van der Waals surface area contributed by atoms with E-state index in [1.165, 1.54) is 6.33 Å². The lowest BCUT2D eigenvalue weighted by atomic mass is 9.91. The number of aromatic nitrogens is 2. The Morgan fingerprint density at radius 2 is 2.33 bits per heavy atom. The zero-order chi connectivity index (χ0) is 13.0. The number of rotatable bonds is 5. The first-order chi connectivity index (χ1) is 8.66. The van der Waals surface area contributed by atoms with Gasteiger partial charge in [-0.1, -0.05) is 12.8 Å². The number of H-pyrrole nitrogens is 1. The van der Waals surface area contributed by atoms with E-state index in [-0.39, 0.29) is 6.04 Å². The molecule has 1 saturated carbocycles. The van der Waals surface area contributed by atoms with Crippen LogP contribution in [0.1, 0.15) is 31.4 Å². The van der Waals surface area contributed by atoms with E-state index in [4.69, 9.17) is 0 Å². The normalized spacial score (nSPS) is 25.8. The second-order valence-corrected chi connectivity index (χ2v) is 4.80. The first-order valence-corrected chi connectivity index (χ1v) is 6.31. The molecule has 4 N–H and O–H groups in total. The summed E-state index contributed by atoms with van der Waals surface area (Å²) in [7, 11) is 0. The molecule has 1 aliphatic rings. The molecule has 1 aromatic heterocycles. The zero-order valence-electron chi connectivity index (χ0n) is 10.2. The second-order valence-electron chi connectivity index (χ2n) is 4.80. The van der Waals surface area contributed by atoms with Crippen molar-refractivity contribution >= 4 is 5.97 Å². The number of aliphatic carboxylic acids is 1. The number of aliphatic hydroxyl groups excluding tert-OH is 1. The van der Waals surface area contributed by atoms with Gasteiger partial charge in [-0.05, 0) is 12.8 Å². The van der Waals surface area contributed by atoms with Crippen LogP contribution in [0.4, 0.5) is 0 Å². The highest BCUT2D eigenvalue weighted by Gasteiger charge is 2.28. The number of nitrogens with one attached hydrogen (secondary N) is 2. The molecule has 0 saturated heterocycles. The standard InChI is InChI=1S/C12H19N3O3/c16-11-4-2-1-3-9(11)15-10(12(17)18)5-8-6-13-7-14-8/h6-7,9-11,15-16H,1-5H2,(H,13,14)(H,17,18)/t9-,10+,11+/m1/s1. The minimum Gasteiger partial charge on any atom is -0.480 e. The fraction of sp³-hybridized carbons (Fsp3) is 0.667. The van der Waals surface area contributed by atoms with E-state index in [0.29, 0.717) is 6.42 Å². The number of carboxylic acid groups (broad SMARTS) is 1. The number of carboxylic acids is 1. The summed E-state index contributed by atoms with van der Waals surface area (Å²) in [5.41, 5.74) is 0.778. The van der Waals surface area contributed by atoms with Crippen LogP contribution >= 0.6 is 0 Å². The fourth-order valence-corrected chi connectivity index (χ4v) is 2.40. The Morgan fingerprint density at radius 1 is 1.56 bits per heavy atom. The molecule has 1 fully saturated rings. The van der Waals surface area contributed by atoms with Gasteiger partial charge in [-0.2, -0.15) is 0 Å². The summed E-state index contributed by atoms with van der Waals surface area (Å²) in [5.74, 6) is -0.901. The molecular weight excluding hydrogens is 234 g/mol. The summed E-state index contributed by atoms with van der Waals surface area (Å²) in [6, 6.07) is -0.814. The predicted molar refractivity (Wildman–Crippen MR) is 65.1 cm³/mol. The van der Waals surface area contributed by atoms with Crippen LogP contribution in [0.15, 0.2) is 12.5 Å². The maximum Gasteiger partial charge on any atom is 0.321 e. The van der Waals surface area contributed by atoms with E-state index in [9.17, 15) is 15.0 Å². The van der Waals surface area contributed by atoms with E-state index in [1.54, 1.807) is 6.20 Å². The molecular formula is C12H19N3O3. The van der Waals surface area contributed by atoms with Gasteiger partial charge in [0.15, 0.2) is 0 Å². The number of nitrogens with zero attached hydrogens (tertiary/aromatic N) is 1. The lowest BCUT2D eigenvalue weighted by Gasteiger charge is -2.30. The van der Waals surface area contributed by atoms with Crippen molar-refractivity contribution in [2.75, 3.05) is 0 Å². The molecule has 6 heteroatoms. The van der Waals surface area contributed by atoms with Crippen molar-refractivity contribution in [1.29, 1.82) is 0 Å². The Bertz CT molecular complexity index is 380. The lowest BCUT2D eigenvalue weighted by Crippen LogP contribution is -2.50. The van der Waals surface area contributed by atoms with Crippen LogP contribution in [0.25, 0.3) is 0 Å². The van der Waals surface area contributed by atoms with Gasteiger partial charge in [0.2, 0.25) is 0 Å². The van der Waals surface area contributed by atoms with Crippen molar-refractivity contribution in [3.05, 3.63) is 18.2 Å². The summed E-state index contributed by atoms with van der Waals surface area (Å²) in [5, 5.41) is 22.1. The average Bonchev–Trinajstić information content (AvgIpc) is 2.83. The van der Waals surface area contributed by atoms with Crippen LogP contribution in [-0.4, -0.2) is 44.3 Å². The van der Waals surface area contributed by atoms with Gasteiger partial charge in [-0.3, -0.25) is 10.1 Å². The summed E-state index contributed by atoms with van der Waals surface area (Å²) in [6.45, 7) is 0. The summed E-state index contributed by atoms with van der Waals surface area (Å²) < 4.78 is 0. The molecule has 3 atom stereocenters. The number of imidazole rings is 1. The lowest BCUT2D eigenvalue weighted by molar-refractivity contribution is -0.140. The van der Waals surface area contributed by atoms with Crippen LogP contribution < -0.4 is 5.32 Å². The number of hydrogen-bond acceptors (Lipinski definition) is 4. The van der Waals surface area contributed by atoms with Crippen molar-refractivity contribution < 1.29 is 15.0 Å². The van der Waals surface area contributed by atoms with Crippen molar-refractivity contribution in [1.82, 2.24) is 15.3 Å². The molecule has 0 radical (unpaired) electrons. The minimum atomic E-state index is -0.901.